The van der Waals surface area contributed by atoms with E-state index >= 15 is 0 Å². The summed E-state index contributed by atoms with van der Waals surface area (Å²) in [6.45, 7) is 0. The molecule has 0 aliphatic rings. The highest BCUT2D eigenvalue weighted by Crippen LogP contribution is 2.41. The number of thioether (sulfide) groups is 1. The van der Waals surface area contributed by atoms with Crippen molar-refractivity contribution in [1.29, 1.82) is 0 Å². The van der Waals surface area contributed by atoms with Gasteiger partial charge in [0.1, 0.15) is 5.03 Å². The highest BCUT2D eigenvalue weighted by Gasteiger charge is 2.33. The monoisotopic (exact) mass is 439 g/mol. The van der Waals surface area contributed by atoms with Crippen LogP contribution in [0.5, 0.6) is 0 Å². The molecular formula is C12H5Cl3F5N3OS. The van der Waals surface area contributed by atoms with Crippen molar-refractivity contribution in [3.8, 4) is 5.69 Å². The van der Waals surface area contributed by atoms with E-state index in [4.69, 9.17) is 40.5 Å². The van der Waals surface area contributed by atoms with Crippen LogP contribution in [0.4, 0.5) is 22.0 Å². The molecule has 0 saturated heterocycles. The summed E-state index contributed by atoms with van der Waals surface area (Å²) in [5, 5.41) is -1.40. The summed E-state index contributed by atoms with van der Waals surface area (Å²) in [6.07, 6.45) is -3.81. The molecule has 0 fully saturated rings. The zero-order chi connectivity index (χ0) is 19.2. The van der Waals surface area contributed by atoms with Gasteiger partial charge < -0.3 is 5.73 Å². The van der Waals surface area contributed by atoms with Crippen molar-refractivity contribution in [3.05, 3.63) is 39.8 Å². The van der Waals surface area contributed by atoms with E-state index in [1.165, 1.54) is 0 Å². The minimum atomic E-state index is -4.71. The number of halogens is 8. The normalized spacial score (nSPS) is 12.5. The first-order chi connectivity index (χ1) is 11.3. The van der Waals surface area contributed by atoms with Crippen LogP contribution < -0.4 is 5.73 Å². The summed E-state index contributed by atoms with van der Waals surface area (Å²) >= 11 is 16.2. The fourth-order valence-electron chi connectivity index (χ4n) is 1.83. The number of carbonyl (C=O) groups excluding carboxylic acids is 1. The fraction of sp³-hybridized carbons (Fsp3) is 0.167. The van der Waals surface area contributed by atoms with Crippen LogP contribution in [0.25, 0.3) is 5.69 Å². The molecule has 13 heteroatoms. The number of hydrogen-bond acceptors (Lipinski definition) is 3. The zero-order valence-electron chi connectivity index (χ0n) is 11.5. The molecule has 0 spiro atoms. The average Bonchev–Trinajstić information content (AvgIpc) is 2.78. The first-order valence-corrected chi connectivity index (χ1v) is 7.96. The first kappa shape index (κ1) is 20.1. The minimum absolute atomic E-state index is 0.207. The van der Waals surface area contributed by atoms with Gasteiger partial charge in [-0.2, -0.15) is 22.0 Å². The summed E-state index contributed by atoms with van der Waals surface area (Å²) in [5.74, 6) is -1.70. The molecule has 136 valence electrons. The molecule has 0 aliphatic heterocycles. The molecule has 1 aromatic carbocycles. The van der Waals surface area contributed by atoms with Crippen molar-refractivity contribution in [2.75, 3.05) is 0 Å². The Morgan fingerprint density at radius 1 is 1.16 bits per heavy atom. The number of alkyl halides is 6. The van der Waals surface area contributed by atoms with Crippen LogP contribution in [0, 0.1) is 0 Å². The summed E-state index contributed by atoms with van der Waals surface area (Å²) in [5.41, 5.74) is 3.70. The lowest BCUT2D eigenvalue weighted by Gasteiger charge is -2.14. The Labute approximate surface area is 156 Å². The van der Waals surface area contributed by atoms with Crippen LogP contribution >= 0.6 is 46.6 Å². The number of imidazole rings is 1. The standard InChI is InChI=1S/C12H5Cl3F5N3OS/c13-5-1-4(11(16,17)18)2-6(14)8(5)23-3-7(25-12(15,19)20)22-10(23)9(21)24/h1-3H,(H2,21,24). The van der Waals surface area contributed by atoms with Crippen LogP contribution in [-0.4, -0.2) is 20.2 Å². The third-order valence-electron chi connectivity index (χ3n) is 2.71. The molecule has 1 aromatic heterocycles. The van der Waals surface area contributed by atoms with Crippen LogP contribution in [0.3, 0.4) is 0 Å². The number of benzene rings is 1. The lowest BCUT2D eigenvalue weighted by atomic mass is 10.2. The zero-order valence-corrected chi connectivity index (χ0v) is 14.6. The van der Waals surface area contributed by atoms with E-state index < -0.39 is 43.3 Å². The highest BCUT2D eigenvalue weighted by molar-refractivity contribution is 8.01. The Bertz CT molecular complexity index is 811. The number of carbonyl (C=O) groups is 1. The van der Waals surface area contributed by atoms with Gasteiger partial charge >= 0.3 is 10.9 Å². The van der Waals surface area contributed by atoms with Crippen molar-refractivity contribution in [2.45, 2.75) is 15.9 Å². The van der Waals surface area contributed by atoms with E-state index in [0.717, 1.165) is 10.8 Å². The first-order valence-electron chi connectivity index (χ1n) is 6.01. The lowest BCUT2D eigenvalue weighted by Crippen LogP contribution is -2.18. The Balaban J connectivity index is 2.63. The van der Waals surface area contributed by atoms with Crippen LogP contribution in [0.2, 0.25) is 10.0 Å². The predicted molar refractivity (Wildman–Crippen MR) is 83.8 cm³/mol. The second kappa shape index (κ2) is 6.82. The average molecular weight is 441 g/mol. The SMILES string of the molecule is NC(=O)c1nc(SC(F)(F)Cl)cn1-c1c(Cl)cc(C(F)(F)F)cc1Cl. The number of nitrogens with two attached hydrogens (primary N) is 1. The van der Waals surface area contributed by atoms with Gasteiger partial charge in [-0.3, -0.25) is 9.36 Å². The smallest absolute Gasteiger partial charge is 0.363 e. The van der Waals surface area contributed by atoms with E-state index in [1.807, 2.05) is 0 Å². The predicted octanol–water partition coefficient (Wildman–Crippen LogP) is 5.18. The number of amides is 1. The lowest BCUT2D eigenvalue weighted by molar-refractivity contribution is -0.137. The molecule has 4 nitrogen and oxygen atoms in total. The van der Waals surface area contributed by atoms with Gasteiger partial charge in [-0.25, -0.2) is 4.98 Å². The fourth-order valence-corrected chi connectivity index (χ4v) is 3.26. The van der Waals surface area contributed by atoms with Gasteiger partial charge in [-0.05, 0) is 35.5 Å². The van der Waals surface area contributed by atoms with Gasteiger partial charge in [0.05, 0.1) is 21.3 Å². The molecule has 2 rings (SSSR count). The summed E-state index contributed by atoms with van der Waals surface area (Å²) in [4.78, 5) is 15.0. The van der Waals surface area contributed by atoms with E-state index in [0.29, 0.717) is 12.1 Å². The van der Waals surface area contributed by atoms with E-state index in [1.54, 1.807) is 0 Å². The van der Waals surface area contributed by atoms with E-state index in [2.05, 4.69) is 4.98 Å². The number of hydrogen-bond donors (Lipinski definition) is 1. The molecule has 0 atom stereocenters. The van der Waals surface area contributed by atoms with Gasteiger partial charge in [-0.1, -0.05) is 23.2 Å². The molecule has 0 unspecified atom stereocenters. The van der Waals surface area contributed by atoms with E-state index in [9.17, 15) is 26.7 Å². The number of rotatable bonds is 4. The summed E-state index contributed by atoms with van der Waals surface area (Å²) in [7, 11) is 0. The van der Waals surface area contributed by atoms with Gasteiger partial charge in [0.25, 0.3) is 5.91 Å². The highest BCUT2D eigenvalue weighted by atomic mass is 35.5. The molecule has 0 aliphatic carbocycles. The van der Waals surface area contributed by atoms with Crippen LogP contribution in [0.1, 0.15) is 16.2 Å². The Morgan fingerprint density at radius 3 is 2.08 bits per heavy atom. The minimum Gasteiger partial charge on any atom is -0.363 e. The van der Waals surface area contributed by atoms with Gasteiger partial charge in [0.2, 0.25) is 5.82 Å². The Morgan fingerprint density at radius 2 is 1.68 bits per heavy atom. The Kier molecular flexibility index (Phi) is 5.48. The molecule has 0 saturated carbocycles. The maximum absolute atomic E-state index is 12.9. The maximum atomic E-state index is 12.9. The third-order valence-corrected chi connectivity index (χ3v) is 4.15. The molecule has 1 heterocycles. The van der Waals surface area contributed by atoms with Gasteiger partial charge in [0, 0.05) is 6.20 Å². The molecular weight excluding hydrogens is 436 g/mol. The summed E-state index contributed by atoms with van der Waals surface area (Å²) < 4.78 is 61.1. The molecule has 25 heavy (non-hydrogen) atoms. The summed E-state index contributed by atoms with van der Waals surface area (Å²) in [6, 6.07) is 1.13. The molecule has 0 radical (unpaired) electrons. The van der Waals surface area contributed by atoms with Crippen LogP contribution in [-0.2, 0) is 6.18 Å². The molecule has 2 aromatic rings. The van der Waals surface area contributed by atoms with Crippen LogP contribution in [0.15, 0.2) is 23.4 Å². The van der Waals surface area contributed by atoms with Gasteiger partial charge in [-0.15, -0.1) is 0 Å². The van der Waals surface area contributed by atoms with E-state index in [-0.39, 0.29) is 17.4 Å². The van der Waals surface area contributed by atoms with Crippen molar-refractivity contribution in [3.63, 3.8) is 0 Å². The number of primary amides is 1. The van der Waals surface area contributed by atoms with Crippen molar-refractivity contribution >= 4 is 52.5 Å². The van der Waals surface area contributed by atoms with Gasteiger partial charge in [0.15, 0.2) is 0 Å². The van der Waals surface area contributed by atoms with Crippen molar-refractivity contribution in [1.82, 2.24) is 9.55 Å². The number of aromatic nitrogens is 2. The van der Waals surface area contributed by atoms with Crippen molar-refractivity contribution < 1.29 is 26.7 Å². The molecule has 2 N–H and O–H groups in total. The second-order valence-corrected chi connectivity index (χ2v) is 7.12. The second-order valence-electron chi connectivity index (χ2n) is 4.47. The Hall–Kier alpha value is -1.23. The van der Waals surface area contributed by atoms with Crippen molar-refractivity contribution in [2.24, 2.45) is 5.73 Å². The largest absolute Gasteiger partial charge is 0.416 e. The molecule has 0 bridgehead atoms. The topological polar surface area (TPSA) is 60.9 Å². The molecule has 1 amide bonds. The third kappa shape index (κ3) is 4.69. The number of nitrogens with zero attached hydrogens (tertiary/aromatic N) is 2. The quantitative estimate of drug-likeness (QED) is 0.405. The maximum Gasteiger partial charge on any atom is 0.416 e.